The van der Waals surface area contributed by atoms with E-state index < -0.39 is 29.7 Å². The van der Waals surface area contributed by atoms with Crippen LogP contribution in [0.5, 0.6) is 11.6 Å². The molecule has 3 saturated carbocycles. The number of benzene rings is 1. The molecule has 45 heavy (non-hydrogen) atoms. The summed E-state index contributed by atoms with van der Waals surface area (Å²) in [6.45, 7) is 9.51. The minimum atomic E-state index is -0.875. The van der Waals surface area contributed by atoms with Gasteiger partial charge in [-0.2, -0.15) is 0 Å². The van der Waals surface area contributed by atoms with Gasteiger partial charge in [0.1, 0.15) is 29.7 Å². The number of hydrogen-bond donors (Lipinski definition) is 1. The molecule has 0 unspecified atom stereocenters. The van der Waals surface area contributed by atoms with Gasteiger partial charge in [0.25, 0.3) is 0 Å². The number of ketones is 1. The van der Waals surface area contributed by atoms with Crippen molar-refractivity contribution in [3.8, 4) is 11.6 Å². The minimum Gasteiger partial charge on any atom is -0.497 e. The summed E-state index contributed by atoms with van der Waals surface area (Å²) in [7, 11) is 1.62. The molecule has 10 nitrogen and oxygen atoms in total. The zero-order valence-electron chi connectivity index (χ0n) is 27.5. The third kappa shape index (κ3) is 6.09. The quantitative estimate of drug-likeness (QED) is 0.478. The molecule has 10 heteroatoms. The van der Waals surface area contributed by atoms with Crippen LogP contribution in [0, 0.1) is 29.1 Å². The molecular formula is C35H48N4O6. The van der Waals surface area contributed by atoms with Gasteiger partial charge < -0.3 is 24.4 Å². The third-order valence-corrected chi connectivity index (χ3v) is 10.7. The number of nitrogens with one attached hydrogen (secondary N) is 1. The number of aromatic nitrogens is 2. The van der Waals surface area contributed by atoms with E-state index in [1.165, 1.54) is 6.92 Å². The Labute approximate surface area is 266 Å². The number of ether oxygens (including phenoxy) is 3. The summed E-state index contributed by atoms with van der Waals surface area (Å²) in [4.78, 5) is 52.5. The number of rotatable bonds is 3. The average molecular weight is 621 g/mol. The number of alkyl carbamates (subject to hydrolysis) is 1. The molecule has 1 N–H and O–H groups in total. The Bertz CT molecular complexity index is 1450. The summed E-state index contributed by atoms with van der Waals surface area (Å²) >= 11 is 0. The summed E-state index contributed by atoms with van der Waals surface area (Å²) in [6, 6.07) is 4.09. The van der Waals surface area contributed by atoms with Crippen LogP contribution in [0.3, 0.4) is 0 Å². The average Bonchev–Trinajstić information content (AvgIpc) is 3.61. The van der Waals surface area contributed by atoms with E-state index in [9.17, 15) is 14.4 Å². The fourth-order valence-corrected chi connectivity index (χ4v) is 8.29. The van der Waals surface area contributed by atoms with E-state index in [-0.39, 0.29) is 30.3 Å². The number of amides is 2. The number of carbonyl (C=O) groups excluding carboxylic acids is 3. The van der Waals surface area contributed by atoms with Crippen molar-refractivity contribution in [2.75, 3.05) is 13.7 Å². The van der Waals surface area contributed by atoms with E-state index in [1.807, 2.05) is 45.9 Å². The van der Waals surface area contributed by atoms with Gasteiger partial charge in [0, 0.05) is 12.0 Å². The van der Waals surface area contributed by atoms with Crippen LogP contribution in [0.15, 0.2) is 18.2 Å². The van der Waals surface area contributed by atoms with Crippen LogP contribution < -0.4 is 14.8 Å². The second kappa shape index (κ2) is 12.4. The first-order valence-corrected chi connectivity index (χ1v) is 16.8. The molecule has 3 heterocycles. The molecule has 1 aromatic heterocycles. The predicted molar refractivity (Wildman–Crippen MR) is 169 cm³/mol. The highest BCUT2D eigenvalue weighted by atomic mass is 16.6. The van der Waals surface area contributed by atoms with Crippen molar-refractivity contribution in [3.63, 3.8) is 0 Å². The molecule has 5 aliphatic rings. The highest BCUT2D eigenvalue weighted by Gasteiger charge is 2.54. The molecule has 7 rings (SSSR count). The van der Waals surface area contributed by atoms with Crippen molar-refractivity contribution in [2.24, 2.45) is 29.1 Å². The monoisotopic (exact) mass is 620 g/mol. The first-order chi connectivity index (χ1) is 21.5. The smallest absolute Gasteiger partial charge is 0.408 e. The summed E-state index contributed by atoms with van der Waals surface area (Å²) < 4.78 is 18.2. The Morgan fingerprint density at radius 3 is 2.53 bits per heavy atom. The Kier molecular flexibility index (Phi) is 8.69. The van der Waals surface area contributed by atoms with Gasteiger partial charge in [0.2, 0.25) is 11.8 Å². The molecule has 2 aromatic rings. The van der Waals surface area contributed by atoms with E-state index in [0.29, 0.717) is 47.7 Å². The molecule has 4 fully saturated rings. The van der Waals surface area contributed by atoms with Crippen molar-refractivity contribution in [1.29, 1.82) is 0 Å². The molecule has 2 amide bonds. The van der Waals surface area contributed by atoms with Gasteiger partial charge in [-0.15, -0.1) is 0 Å². The standard InChI is InChI=1S/C35H48N4O6/c1-7-23-28-18-39(29(23)19(2)40)33(41)31(35(3,4)5)38-34(42)45-30-21-15-20(16-21)24(30)11-9-8-10-12-26-32(44-28)37-27-17-22(43-6)13-14-25(27)36-26/h13-14,17,20-21,23-24,28-31H,7-12,15-16,18H2,1-6H3,(H,38,42)/t20-,21+,23-,24-,28+,29-,30-,31-/m1/s1. The summed E-state index contributed by atoms with van der Waals surface area (Å²) in [5, 5.41) is 2.95. The molecule has 0 spiro atoms. The van der Waals surface area contributed by atoms with Crippen molar-refractivity contribution >= 4 is 28.8 Å². The van der Waals surface area contributed by atoms with Crippen LogP contribution in [-0.2, 0) is 20.7 Å². The van der Waals surface area contributed by atoms with Crippen molar-refractivity contribution in [2.45, 2.75) is 110 Å². The molecule has 1 saturated heterocycles. The number of Topliss-reactive ketones (excluding diaryl/α,β-unsaturated/α-hetero) is 1. The van der Waals surface area contributed by atoms with Gasteiger partial charge in [-0.1, -0.05) is 40.5 Å². The maximum Gasteiger partial charge on any atom is 0.408 e. The van der Waals surface area contributed by atoms with Crippen LogP contribution >= 0.6 is 0 Å². The second-order valence-corrected chi connectivity index (χ2v) is 14.7. The Morgan fingerprint density at radius 2 is 1.84 bits per heavy atom. The van der Waals surface area contributed by atoms with Gasteiger partial charge in [0.15, 0.2) is 5.78 Å². The Morgan fingerprint density at radius 1 is 1.07 bits per heavy atom. The van der Waals surface area contributed by atoms with E-state index in [0.717, 1.165) is 49.7 Å². The largest absolute Gasteiger partial charge is 0.497 e. The molecule has 244 valence electrons. The first-order valence-electron chi connectivity index (χ1n) is 16.8. The van der Waals surface area contributed by atoms with Gasteiger partial charge in [0.05, 0.1) is 30.7 Å². The van der Waals surface area contributed by atoms with Gasteiger partial charge >= 0.3 is 6.09 Å². The lowest BCUT2D eigenvalue weighted by molar-refractivity contribution is -0.141. The number of carbonyl (C=O) groups is 3. The summed E-state index contributed by atoms with van der Waals surface area (Å²) in [6.07, 6.45) is 6.43. The van der Waals surface area contributed by atoms with Gasteiger partial charge in [-0.25, -0.2) is 14.8 Å². The number of fused-ring (bicyclic) bond motifs is 4. The maximum atomic E-state index is 14.4. The number of aryl methyl sites for hydroxylation is 1. The van der Waals surface area contributed by atoms with Crippen LogP contribution in [0.1, 0.15) is 85.3 Å². The van der Waals surface area contributed by atoms with Crippen molar-refractivity contribution in [3.05, 3.63) is 23.9 Å². The molecule has 4 bridgehead atoms. The Balaban J connectivity index is 1.38. The van der Waals surface area contributed by atoms with E-state index in [2.05, 4.69) is 5.32 Å². The molecule has 2 aliphatic heterocycles. The van der Waals surface area contributed by atoms with Crippen LogP contribution in [-0.4, -0.2) is 70.6 Å². The molecule has 0 radical (unpaired) electrons. The predicted octanol–water partition coefficient (Wildman–Crippen LogP) is 5.49. The number of nitrogens with zero attached hydrogens (tertiary/aromatic N) is 3. The van der Waals surface area contributed by atoms with Gasteiger partial charge in [-0.05, 0) is 80.8 Å². The molecule has 3 aliphatic carbocycles. The SMILES string of the molecule is CC[C@@H]1[C@@H]2CN(C(=O)[C@H](C(C)(C)C)NC(=O)O[C@@H]3[C@H]4C[C@H](C4)[C@H]3CCCCCc3nc4ccc(OC)cc4nc3O2)[C@@H]1C(C)=O. The third-order valence-electron chi connectivity index (χ3n) is 10.7. The zero-order valence-corrected chi connectivity index (χ0v) is 27.5. The van der Waals surface area contributed by atoms with Crippen molar-refractivity contribution in [1.82, 2.24) is 20.2 Å². The normalized spacial score (nSPS) is 32.3. The summed E-state index contributed by atoms with van der Waals surface area (Å²) in [5.74, 6) is 1.83. The summed E-state index contributed by atoms with van der Waals surface area (Å²) in [5.41, 5.74) is 1.61. The minimum absolute atomic E-state index is 0.106. The lowest BCUT2D eigenvalue weighted by Gasteiger charge is -2.35. The second-order valence-electron chi connectivity index (χ2n) is 14.7. The molecule has 1 aromatic carbocycles. The van der Waals surface area contributed by atoms with E-state index in [4.69, 9.17) is 24.2 Å². The lowest BCUT2D eigenvalue weighted by atomic mass is 9.81. The lowest BCUT2D eigenvalue weighted by Crippen LogP contribution is -2.57. The maximum absolute atomic E-state index is 14.4. The fraction of sp³-hybridized carbons (Fsp3) is 0.686. The zero-order chi connectivity index (χ0) is 32.0. The highest BCUT2D eigenvalue weighted by molar-refractivity contribution is 5.92. The topological polar surface area (TPSA) is 120 Å². The van der Waals surface area contributed by atoms with Crippen LogP contribution in [0.25, 0.3) is 11.0 Å². The Hall–Kier alpha value is -3.43. The van der Waals surface area contributed by atoms with Crippen molar-refractivity contribution < 1.29 is 28.6 Å². The number of hydrogen-bond acceptors (Lipinski definition) is 8. The van der Waals surface area contributed by atoms with Crippen LogP contribution in [0.2, 0.25) is 0 Å². The number of methoxy groups -OCH3 is 1. The fourth-order valence-electron chi connectivity index (χ4n) is 8.29. The van der Waals surface area contributed by atoms with E-state index in [1.54, 1.807) is 12.0 Å². The first kappa shape index (κ1) is 31.5. The molecule has 6 atom stereocenters. The van der Waals surface area contributed by atoms with Gasteiger partial charge in [-0.3, -0.25) is 9.59 Å². The van der Waals surface area contributed by atoms with Crippen LogP contribution in [0.4, 0.5) is 4.79 Å². The highest BCUT2D eigenvalue weighted by Crippen LogP contribution is 2.55. The molecular weight excluding hydrogens is 572 g/mol. The van der Waals surface area contributed by atoms with E-state index >= 15 is 0 Å².